The van der Waals surface area contributed by atoms with Crippen LogP contribution in [-0.4, -0.2) is 53.8 Å². The number of aliphatic hydroxyl groups excluding tert-OH is 1. The topological polar surface area (TPSA) is 60.9 Å². The summed E-state index contributed by atoms with van der Waals surface area (Å²) in [5.41, 5.74) is 2.11. The summed E-state index contributed by atoms with van der Waals surface area (Å²) in [6.45, 7) is 2.87. The van der Waals surface area contributed by atoms with Crippen molar-refractivity contribution in [2.24, 2.45) is 0 Å². The van der Waals surface area contributed by atoms with Crippen LogP contribution in [-0.2, 0) is 9.59 Å². The summed E-state index contributed by atoms with van der Waals surface area (Å²) < 4.78 is 13.3. The van der Waals surface area contributed by atoms with Crippen molar-refractivity contribution < 1.29 is 19.1 Å². The molecule has 0 saturated carbocycles. The van der Waals surface area contributed by atoms with Crippen molar-refractivity contribution in [3.63, 3.8) is 0 Å². The molecule has 1 atom stereocenters. The van der Waals surface area contributed by atoms with Crippen molar-refractivity contribution in [2.75, 3.05) is 27.2 Å². The predicted octanol–water partition coefficient (Wildman–Crippen LogP) is 3.12. The molecule has 1 saturated heterocycles. The molecule has 0 aliphatic carbocycles. The zero-order valence-corrected chi connectivity index (χ0v) is 16.1. The third-order valence-corrected chi connectivity index (χ3v) is 4.84. The second kappa shape index (κ2) is 7.94. The second-order valence-electron chi connectivity index (χ2n) is 7.21. The van der Waals surface area contributed by atoms with Gasteiger partial charge in [0.1, 0.15) is 11.6 Å². The molecule has 3 rings (SSSR count). The molecule has 0 radical (unpaired) electrons. The number of likely N-dealkylation sites (N-methyl/N-ethyl adjacent to an activating group) is 1. The van der Waals surface area contributed by atoms with E-state index in [0.29, 0.717) is 18.7 Å². The summed E-state index contributed by atoms with van der Waals surface area (Å²) in [6, 6.07) is 12.0. The summed E-state index contributed by atoms with van der Waals surface area (Å²) in [7, 11) is 3.77. The molecule has 0 spiro atoms. The smallest absolute Gasteiger partial charge is 0.295 e. The first kappa shape index (κ1) is 19.8. The molecule has 1 heterocycles. The third kappa shape index (κ3) is 3.82. The molecule has 1 N–H and O–H groups in total. The van der Waals surface area contributed by atoms with Gasteiger partial charge < -0.3 is 14.9 Å². The van der Waals surface area contributed by atoms with Crippen molar-refractivity contribution in [1.29, 1.82) is 0 Å². The van der Waals surface area contributed by atoms with Crippen LogP contribution in [0, 0.1) is 12.7 Å². The van der Waals surface area contributed by atoms with Gasteiger partial charge in [-0.2, -0.15) is 0 Å². The number of halogens is 1. The number of hydrogen-bond donors (Lipinski definition) is 1. The normalized spacial score (nSPS) is 18.9. The Kier molecular flexibility index (Phi) is 5.61. The Morgan fingerprint density at radius 2 is 1.68 bits per heavy atom. The standard InChI is InChI=1S/C22H23FN2O3/c1-14-4-6-15(7-5-14)19-18(20(26)16-8-10-17(23)11-9-16)21(27)22(28)25(19)13-12-24(2)3/h4-11,19,26H,12-13H2,1-3H3/t19-/m0/s1. The lowest BCUT2D eigenvalue weighted by Gasteiger charge is -2.26. The van der Waals surface area contributed by atoms with Crippen LogP contribution >= 0.6 is 0 Å². The second-order valence-corrected chi connectivity index (χ2v) is 7.21. The summed E-state index contributed by atoms with van der Waals surface area (Å²) in [5, 5.41) is 10.8. The van der Waals surface area contributed by atoms with E-state index in [1.165, 1.54) is 29.2 Å². The average molecular weight is 382 g/mol. The molecule has 5 nitrogen and oxygen atoms in total. The van der Waals surface area contributed by atoms with Crippen molar-refractivity contribution in [3.05, 3.63) is 76.6 Å². The monoisotopic (exact) mass is 382 g/mol. The number of benzene rings is 2. The maximum atomic E-state index is 13.3. The molecule has 6 heteroatoms. The van der Waals surface area contributed by atoms with E-state index in [9.17, 15) is 19.1 Å². The fourth-order valence-corrected chi connectivity index (χ4v) is 3.28. The molecule has 2 aromatic carbocycles. The Morgan fingerprint density at radius 3 is 2.25 bits per heavy atom. The van der Waals surface area contributed by atoms with Gasteiger partial charge in [-0.15, -0.1) is 0 Å². The Balaban J connectivity index is 2.13. The van der Waals surface area contributed by atoms with Crippen LogP contribution in [0.4, 0.5) is 4.39 Å². The van der Waals surface area contributed by atoms with Gasteiger partial charge in [0.05, 0.1) is 11.6 Å². The number of ketones is 1. The Hall–Kier alpha value is -2.99. The molecule has 28 heavy (non-hydrogen) atoms. The molecule has 0 unspecified atom stereocenters. The van der Waals surface area contributed by atoms with Crippen molar-refractivity contribution in [1.82, 2.24) is 9.80 Å². The molecule has 1 amide bonds. The van der Waals surface area contributed by atoms with Crippen molar-refractivity contribution in [2.45, 2.75) is 13.0 Å². The van der Waals surface area contributed by atoms with Crippen LogP contribution in [0.2, 0.25) is 0 Å². The van der Waals surface area contributed by atoms with Crippen LogP contribution in [0.1, 0.15) is 22.7 Å². The number of rotatable bonds is 5. The minimum atomic E-state index is -0.730. The summed E-state index contributed by atoms with van der Waals surface area (Å²) in [5.74, 6) is -2.11. The predicted molar refractivity (Wildman–Crippen MR) is 105 cm³/mol. The van der Waals surface area contributed by atoms with E-state index >= 15 is 0 Å². The van der Waals surface area contributed by atoms with Gasteiger partial charge in [0.15, 0.2) is 0 Å². The average Bonchev–Trinajstić information content (AvgIpc) is 2.91. The highest BCUT2D eigenvalue weighted by Crippen LogP contribution is 2.39. The van der Waals surface area contributed by atoms with E-state index in [4.69, 9.17) is 0 Å². The Morgan fingerprint density at radius 1 is 1.07 bits per heavy atom. The molecule has 1 aliphatic rings. The number of aliphatic hydroxyl groups is 1. The number of carbonyl (C=O) groups excluding carboxylic acids is 2. The largest absolute Gasteiger partial charge is 0.507 e. The van der Waals surface area contributed by atoms with Gasteiger partial charge in [-0.1, -0.05) is 29.8 Å². The number of nitrogens with zero attached hydrogens (tertiary/aromatic N) is 2. The number of likely N-dealkylation sites (tertiary alicyclic amines) is 1. The van der Waals surface area contributed by atoms with Gasteiger partial charge in [0.2, 0.25) is 0 Å². The molecule has 1 fully saturated rings. The van der Waals surface area contributed by atoms with Gasteiger partial charge in [-0.3, -0.25) is 9.59 Å². The number of Topliss-reactive ketones (excluding diaryl/α,β-unsaturated/α-hetero) is 1. The molecule has 0 aromatic heterocycles. The molecule has 2 aromatic rings. The van der Waals surface area contributed by atoms with E-state index < -0.39 is 23.5 Å². The van der Waals surface area contributed by atoms with Gasteiger partial charge in [0.25, 0.3) is 11.7 Å². The van der Waals surface area contributed by atoms with Crippen LogP contribution in [0.3, 0.4) is 0 Å². The molecule has 0 bridgehead atoms. The fraction of sp³-hybridized carbons (Fsp3) is 0.273. The van der Waals surface area contributed by atoms with Gasteiger partial charge in [-0.25, -0.2) is 4.39 Å². The third-order valence-electron chi connectivity index (χ3n) is 4.84. The number of aryl methyl sites for hydroxylation is 1. The number of carbonyl (C=O) groups is 2. The Bertz CT molecular complexity index is 918. The SMILES string of the molecule is Cc1ccc([C@H]2C(=C(O)c3ccc(F)cc3)C(=O)C(=O)N2CCN(C)C)cc1. The first-order chi connectivity index (χ1) is 13.3. The van der Waals surface area contributed by atoms with E-state index in [0.717, 1.165) is 11.1 Å². The van der Waals surface area contributed by atoms with Crippen LogP contribution in [0.5, 0.6) is 0 Å². The van der Waals surface area contributed by atoms with Gasteiger partial charge >= 0.3 is 0 Å². The first-order valence-corrected chi connectivity index (χ1v) is 9.05. The minimum absolute atomic E-state index is 0.0271. The van der Waals surface area contributed by atoms with E-state index in [2.05, 4.69) is 0 Å². The lowest BCUT2D eigenvalue weighted by atomic mass is 9.95. The first-order valence-electron chi connectivity index (χ1n) is 9.05. The highest BCUT2D eigenvalue weighted by Gasteiger charge is 2.45. The maximum absolute atomic E-state index is 13.3. The highest BCUT2D eigenvalue weighted by molar-refractivity contribution is 6.46. The summed E-state index contributed by atoms with van der Waals surface area (Å²) in [6.07, 6.45) is 0. The zero-order valence-electron chi connectivity index (χ0n) is 16.1. The van der Waals surface area contributed by atoms with Crippen LogP contribution < -0.4 is 0 Å². The van der Waals surface area contributed by atoms with Gasteiger partial charge in [-0.05, 0) is 50.8 Å². The van der Waals surface area contributed by atoms with E-state index in [-0.39, 0.29) is 11.3 Å². The van der Waals surface area contributed by atoms with Gasteiger partial charge in [0, 0.05) is 18.7 Å². The lowest BCUT2D eigenvalue weighted by molar-refractivity contribution is -0.140. The van der Waals surface area contributed by atoms with Crippen molar-refractivity contribution >= 4 is 17.4 Å². The number of hydrogen-bond acceptors (Lipinski definition) is 4. The molecule has 1 aliphatic heterocycles. The lowest BCUT2D eigenvalue weighted by Crippen LogP contribution is -2.35. The van der Waals surface area contributed by atoms with Crippen LogP contribution in [0.15, 0.2) is 54.1 Å². The summed E-state index contributed by atoms with van der Waals surface area (Å²) >= 11 is 0. The minimum Gasteiger partial charge on any atom is -0.507 e. The quantitative estimate of drug-likeness (QED) is 0.490. The Labute approximate surface area is 163 Å². The van der Waals surface area contributed by atoms with E-state index in [1.54, 1.807) is 0 Å². The van der Waals surface area contributed by atoms with Crippen molar-refractivity contribution in [3.8, 4) is 0 Å². The summed E-state index contributed by atoms with van der Waals surface area (Å²) in [4.78, 5) is 28.9. The highest BCUT2D eigenvalue weighted by atomic mass is 19.1. The number of amides is 1. The zero-order chi connectivity index (χ0) is 20.4. The molecule has 146 valence electrons. The van der Waals surface area contributed by atoms with Crippen LogP contribution in [0.25, 0.3) is 5.76 Å². The van der Waals surface area contributed by atoms with E-state index in [1.807, 2.05) is 50.2 Å². The molecular weight excluding hydrogens is 359 g/mol. The molecular formula is C22H23FN2O3. The fourth-order valence-electron chi connectivity index (χ4n) is 3.28. The maximum Gasteiger partial charge on any atom is 0.295 e.